The number of anilines is 1. The molecule has 11 heteroatoms. The summed E-state index contributed by atoms with van der Waals surface area (Å²) in [6.45, 7) is 8.07. The Hall–Kier alpha value is -2.82. The van der Waals surface area contributed by atoms with Gasteiger partial charge in [-0.3, -0.25) is 9.59 Å². The number of nitrogens with zero attached hydrogens (tertiary/aromatic N) is 3. The largest absolute Gasteiger partial charge is 0.416 e. The number of hydrogen-bond donors (Lipinski definition) is 1. The smallest absolute Gasteiger partial charge is 0.380 e. The van der Waals surface area contributed by atoms with E-state index in [0.29, 0.717) is 62.1 Å². The van der Waals surface area contributed by atoms with Gasteiger partial charge in [0.15, 0.2) is 0 Å². The van der Waals surface area contributed by atoms with Crippen molar-refractivity contribution in [3.63, 3.8) is 0 Å². The highest BCUT2D eigenvalue weighted by Crippen LogP contribution is 2.38. The number of carbonyl (C=O) groups excluding carboxylic acids is 2. The average Bonchev–Trinajstić information content (AvgIpc) is 3.45. The number of ether oxygens (including phenoxy) is 1. The fourth-order valence-electron chi connectivity index (χ4n) is 5.61. The summed E-state index contributed by atoms with van der Waals surface area (Å²) in [6, 6.07) is 10.7. The Morgan fingerprint density at radius 2 is 1.66 bits per heavy atom. The highest BCUT2D eigenvalue weighted by Gasteiger charge is 2.39. The summed E-state index contributed by atoms with van der Waals surface area (Å²) in [6.07, 6.45) is -3.14. The van der Waals surface area contributed by atoms with E-state index < -0.39 is 17.8 Å². The molecule has 2 fully saturated rings. The van der Waals surface area contributed by atoms with E-state index in [1.54, 1.807) is 0 Å². The third kappa shape index (κ3) is 9.84. The van der Waals surface area contributed by atoms with E-state index in [9.17, 15) is 22.8 Å². The van der Waals surface area contributed by atoms with Crippen LogP contribution in [-0.4, -0.2) is 82.1 Å². The molecule has 1 N–H and O–H groups in total. The molecule has 4 atom stereocenters. The van der Waals surface area contributed by atoms with Gasteiger partial charge in [0.25, 0.3) is 0 Å². The zero-order chi connectivity index (χ0) is 32.6. The number of alkyl halides is 3. The van der Waals surface area contributed by atoms with Crippen molar-refractivity contribution in [3.8, 4) is 0 Å². The lowest BCUT2D eigenvalue weighted by atomic mass is 9.88. The maximum absolute atomic E-state index is 13.7. The molecule has 0 aliphatic carbocycles. The minimum absolute atomic E-state index is 0.0256. The highest BCUT2D eigenvalue weighted by molar-refractivity contribution is 6.30. The average molecular weight is 639 g/mol. The predicted molar refractivity (Wildman–Crippen MR) is 169 cm³/mol. The molecule has 2 aromatic rings. The molecule has 0 aromatic heterocycles. The van der Waals surface area contributed by atoms with E-state index >= 15 is 0 Å². The number of piperazine rings is 1. The molecule has 2 aliphatic heterocycles. The molecule has 2 amide bonds. The van der Waals surface area contributed by atoms with Crippen LogP contribution < -0.4 is 10.2 Å². The van der Waals surface area contributed by atoms with Gasteiger partial charge in [0.2, 0.25) is 11.8 Å². The van der Waals surface area contributed by atoms with Gasteiger partial charge < -0.3 is 24.8 Å². The maximum Gasteiger partial charge on any atom is 0.416 e. The third-order valence-electron chi connectivity index (χ3n) is 8.07. The van der Waals surface area contributed by atoms with Crippen LogP contribution in [0.15, 0.2) is 42.5 Å². The van der Waals surface area contributed by atoms with Crippen LogP contribution in [0.25, 0.3) is 0 Å². The number of hydrogen-bond acceptors (Lipinski definition) is 5. The summed E-state index contributed by atoms with van der Waals surface area (Å²) in [5, 5.41) is 3.52. The predicted octanol–water partition coefficient (Wildman–Crippen LogP) is 6.23. The Morgan fingerprint density at radius 1 is 1.05 bits per heavy atom. The number of halogens is 4. The quantitative estimate of drug-likeness (QED) is 0.372. The van der Waals surface area contributed by atoms with Gasteiger partial charge in [-0.2, -0.15) is 13.2 Å². The van der Waals surface area contributed by atoms with Gasteiger partial charge >= 0.3 is 6.18 Å². The molecule has 2 heterocycles. The van der Waals surface area contributed by atoms with Crippen LogP contribution in [0.3, 0.4) is 0 Å². The SMILES string of the molecule is CCC(C)CC(NC(C)=O)c1cc(C(F)(F)F)ccc1N1CCN(C(=O)C2COCC2c2ccc(Cl)cc2)CC1.CN(C)C. The van der Waals surface area contributed by atoms with Crippen molar-refractivity contribution in [1.29, 1.82) is 0 Å². The summed E-state index contributed by atoms with van der Waals surface area (Å²) in [4.78, 5) is 31.4. The zero-order valence-corrected chi connectivity index (χ0v) is 27.3. The first kappa shape index (κ1) is 35.7. The number of carbonyl (C=O) groups is 2. The Labute approximate surface area is 264 Å². The number of rotatable bonds is 8. The van der Waals surface area contributed by atoms with Crippen molar-refractivity contribution in [2.24, 2.45) is 11.8 Å². The minimum atomic E-state index is -4.50. The normalized spacial score (nSPS) is 20.2. The van der Waals surface area contributed by atoms with Crippen molar-refractivity contribution in [1.82, 2.24) is 15.1 Å². The maximum atomic E-state index is 13.7. The van der Waals surface area contributed by atoms with Gasteiger partial charge in [0, 0.05) is 49.7 Å². The Kier molecular flexibility index (Phi) is 12.9. The van der Waals surface area contributed by atoms with Gasteiger partial charge in [0.05, 0.1) is 30.7 Å². The van der Waals surface area contributed by atoms with Crippen LogP contribution in [0.2, 0.25) is 5.02 Å². The van der Waals surface area contributed by atoms with Crippen molar-refractivity contribution in [2.75, 3.05) is 65.4 Å². The summed E-state index contributed by atoms with van der Waals surface area (Å²) < 4.78 is 46.8. The lowest BCUT2D eigenvalue weighted by Crippen LogP contribution is -2.51. The first-order valence-corrected chi connectivity index (χ1v) is 15.5. The van der Waals surface area contributed by atoms with Gasteiger partial charge in [-0.25, -0.2) is 0 Å². The molecular weight excluding hydrogens is 593 g/mol. The lowest BCUT2D eigenvalue weighted by Gasteiger charge is -2.39. The molecule has 0 bridgehead atoms. The summed E-state index contributed by atoms with van der Waals surface area (Å²) >= 11 is 6.03. The molecule has 4 rings (SSSR count). The first-order valence-electron chi connectivity index (χ1n) is 15.2. The molecule has 0 saturated carbocycles. The van der Waals surface area contributed by atoms with E-state index in [2.05, 4.69) is 5.32 Å². The molecule has 2 saturated heterocycles. The lowest BCUT2D eigenvalue weighted by molar-refractivity contribution is -0.138. The standard InChI is InChI=1S/C30H37ClF3N3O3.C3H9N/c1-4-19(2)15-27(35-20(3)38)24-16-22(30(32,33)34)7-10-28(24)36-11-13-37(14-12-36)29(39)26-18-40-17-25(26)21-5-8-23(31)9-6-21;1-4(2)3/h5-10,16,19,25-27H,4,11-15,17-18H2,1-3H3,(H,35,38);1-3H3. The van der Waals surface area contributed by atoms with Crippen molar-refractivity contribution in [2.45, 2.75) is 51.7 Å². The van der Waals surface area contributed by atoms with E-state index in [1.165, 1.54) is 19.1 Å². The highest BCUT2D eigenvalue weighted by atomic mass is 35.5. The second kappa shape index (κ2) is 16.0. The fourth-order valence-corrected chi connectivity index (χ4v) is 5.74. The van der Waals surface area contributed by atoms with Crippen LogP contribution in [0.5, 0.6) is 0 Å². The topological polar surface area (TPSA) is 65.1 Å². The molecule has 7 nitrogen and oxygen atoms in total. The minimum Gasteiger partial charge on any atom is -0.380 e. The van der Waals surface area contributed by atoms with Gasteiger partial charge in [-0.05, 0) is 74.9 Å². The monoisotopic (exact) mass is 638 g/mol. The summed E-state index contributed by atoms with van der Waals surface area (Å²) in [5.41, 5.74) is 1.38. The van der Waals surface area contributed by atoms with Crippen molar-refractivity contribution in [3.05, 3.63) is 64.2 Å². The molecule has 44 heavy (non-hydrogen) atoms. The number of amides is 2. The molecule has 4 unspecified atom stereocenters. The molecule has 0 radical (unpaired) electrons. The molecule has 0 spiro atoms. The fraction of sp³-hybridized carbons (Fsp3) is 0.576. The van der Waals surface area contributed by atoms with Crippen LogP contribution in [0.1, 0.15) is 62.3 Å². The van der Waals surface area contributed by atoms with Gasteiger partial charge in [-0.1, -0.05) is 44.0 Å². The Balaban J connectivity index is 0.00000124. The first-order chi connectivity index (χ1) is 20.7. The zero-order valence-electron chi connectivity index (χ0n) is 26.6. The van der Waals surface area contributed by atoms with E-state index in [0.717, 1.165) is 18.1 Å². The molecule has 2 aliphatic rings. The Bertz CT molecular complexity index is 1230. The Morgan fingerprint density at radius 3 is 2.20 bits per heavy atom. The van der Waals surface area contributed by atoms with Crippen LogP contribution in [0, 0.1) is 11.8 Å². The van der Waals surface area contributed by atoms with Crippen LogP contribution >= 0.6 is 11.6 Å². The van der Waals surface area contributed by atoms with E-state index in [4.69, 9.17) is 16.3 Å². The van der Waals surface area contributed by atoms with Gasteiger partial charge in [0.1, 0.15) is 0 Å². The van der Waals surface area contributed by atoms with Crippen LogP contribution in [0.4, 0.5) is 18.9 Å². The third-order valence-corrected chi connectivity index (χ3v) is 8.32. The molecule has 244 valence electrons. The second-order valence-corrected chi connectivity index (χ2v) is 12.7. The van der Waals surface area contributed by atoms with Crippen LogP contribution in [-0.2, 0) is 20.5 Å². The van der Waals surface area contributed by atoms with E-state index in [-0.39, 0.29) is 29.6 Å². The van der Waals surface area contributed by atoms with Crippen molar-refractivity contribution >= 4 is 29.1 Å². The van der Waals surface area contributed by atoms with Gasteiger partial charge in [-0.15, -0.1) is 0 Å². The number of nitrogens with one attached hydrogen (secondary N) is 1. The number of benzene rings is 2. The molecular formula is C33H46ClF3N4O3. The summed E-state index contributed by atoms with van der Waals surface area (Å²) in [7, 11) is 6.00. The molecule has 2 aromatic carbocycles. The van der Waals surface area contributed by atoms with E-state index in [1.807, 2.05) is 74.0 Å². The second-order valence-electron chi connectivity index (χ2n) is 12.2. The summed E-state index contributed by atoms with van der Waals surface area (Å²) in [5.74, 6) is -0.410. The van der Waals surface area contributed by atoms with Crippen molar-refractivity contribution < 1.29 is 27.5 Å².